The normalized spacial score (nSPS) is 12.8. The molecule has 0 aromatic carbocycles. The van der Waals surface area contributed by atoms with Gasteiger partial charge in [-0.2, -0.15) is 0 Å². The minimum atomic E-state index is -1.41. The zero-order valence-electron chi connectivity index (χ0n) is 5.69. The van der Waals surface area contributed by atoms with Gasteiger partial charge in [0, 0.05) is 6.08 Å². The average Bonchev–Trinajstić information content (AvgIpc) is 1.84. The Morgan fingerprint density at radius 2 is 1.42 bits per heavy atom. The number of halogens is 1. The van der Waals surface area contributed by atoms with Gasteiger partial charge in [-0.25, -0.2) is 9.59 Å². The molecule has 0 atom stereocenters. The molecule has 6 heteroatoms. The Labute approximate surface area is 72.2 Å². The first-order chi connectivity index (χ1) is 5.43. The van der Waals surface area contributed by atoms with Crippen molar-refractivity contribution in [2.24, 2.45) is 0 Å². The number of hydrogen-bond donors (Lipinski definition) is 3. The van der Waals surface area contributed by atoms with Crippen LogP contribution < -0.4 is 0 Å². The largest absolute Gasteiger partial charge is 0.506 e. The molecule has 0 aromatic heterocycles. The average molecular weight is 193 g/mol. The van der Waals surface area contributed by atoms with Crippen LogP contribution in [0.2, 0.25) is 0 Å². The van der Waals surface area contributed by atoms with Crippen molar-refractivity contribution in [3.05, 3.63) is 22.9 Å². The Hall–Kier alpha value is -1.49. The molecule has 0 rings (SSSR count). The number of carboxylic acid groups (broad SMARTS) is 2. The van der Waals surface area contributed by atoms with E-state index in [0.29, 0.717) is 12.2 Å². The summed E-state index contributed by atoms with van der Waals surface area (Å²) in [7, 11) is 0. The molecule has 0 radical (unpaired) electrons. The van der Waals surface area contributed by atoms with E-state index in [0.717, 1.165) is 0 Å². The Morgan fingerprint density at radius 1 is 1.00 bits per heavy atom. The van der Waals surface area contributed by atoms with Crippen molar-refractivity contribution < 1.29 is 24.9 Å². The highest BCUT2D eigenvalue weighted by atomic mass is 35.5. The van der Waals surface area contributed by atoms with Crippen LogP contribution in [0, 0.1) is 0 Å². The molecule has 0 saturated carbocycles. The second-order valence-corrected chi connectivity index (χ2v) is 2.11. The third-order valence-corrected chi connectivity index (χ3v) is 1.06. The van der Waals surface area contributed by atoms with Gasteiger partial charge in [-0.3, -0.25) is 0 Å². The van der Waals surface area contributed by atoms with Crippen molar-refractivity contribution in [2.45, 2.75) is 0 Å². The molecule has 0 aliphatic rings. The molecular weight excluding hydrogens is 188 g/mol. The van der Waals surface area contributed by atoms with Crippen molar-refractivity contribution in [1.82, 2.24) is 0 Å². The monoisotopic (exact) mass is 192 g/mol. The highest BCUT2D eigenvalue weighted by Gasteiger charge is 2.03. The molecule has 0 amide bonds. The molecular formula is C6H5ClO5. The zero-order chi connectivity index (χ0) is 9.72. The molecule has 0 aliphatic heterocycles. The zero-order valence-corrected chi connectivity index (χ0v) is 6.45. The van der Waals surface area contributed by atoms with Gasteiger partial charge < -0.3 is 15.3 Å². The summed E-state index contributed by atoms with van der Waals surface area (Å²) in [5.74, 6) is -3.58. The summed E-state index contributed by atoms with van der Waals surface area (Å²) in [5, 5.41) is 24.4. The molecule has 0 fully saturated rings. The predicted octanol–water partition coefficient (Wildman–Crippen LogP) is 0.720. The van der Waals surface area contributed by atoms with Crippen LogP contribution in [0.15, 0.2) is 22.9 Å². The number of aliphatic carboxylic acids is 2. The Kier molecular flexibility index (Phi) is 3.85. The molecule has 0 aromatic rings. The minimum Gasteiger partial charge on any atom is -0.506 e. The van der Waals surface area contributed by atoms with Crippen LogP contribution in [-0.2, 0) is 9.59 Å². The summed E-state index contributed by atoms with van der Waals surface area (Å²) in [6.07, 6.45) is 0.873. The van der Waals surface area contributed by atoms with Gasteiger partial charge in [-0.05, 0) is 0 Å². The number of carbonyl (C=O) groups is 2. The van der Waals surface area contributed by atoms with Crippen LogP contribution in [0.25, 0.3) is 0 Å². The SMILES string of the molecule is O=C(O)C=C(O)C(Cl)=CC(=O)O. The quantitative estimate of drug-likeness (QED) is 0.348. The maximum atomic E-state index is 9.95. The van der Waals surface area contributed by atoms with Gasteiger partial charge in [0.25, 0.3) is 0 Å². The Bertz CT molecular complexity index is 237. The second kappa shape index (κ2) is 4.40. The fraction of sp³-hybridized carbons (Fsp3) is 0. The van der Waals surface area contributed by atoms with E-state index in [4.69, 9.17) is 26.9 Å². The summed E-state index contributed by atoms with van der Waals surface area (Å²) >= 11 is 5.17. The molecule has 0 unspecified atom stereocenters. The number of aliphatic hydroxyl groups is 1. The van der Waals surface area contributed by atoms with Crippen LogP contribution in [0.1, 0.15) is 0 Å². The molecule has 3 N–H and O–H groups in total. The standard InChI is InChI=1S/C6H5ClO5/c7-3(1-5(9)10)4(8)2-6(11)12/h1-2,8H,(H,9,10)(H,11,12). The lowest BCUT2D eigenvalue weighted by molar-refractivity contribution is -0.132. The Balaban J connectivity index is 4.59. The highest BCUT2D eigenvalue weighted by molar-refractivity contribution is 6.33. The summed E-state index contributed by atoms with van der Waals surface area (Å²) in [5.41, 5.74) is 0. The number of aliphatic hydroxyl groups excluding tert-OH is 1. The van der Waals surface area contributed by atoms with E-state index in [1.807, 2.05) is 0 Å². The molecule has 0 spiro atoms. The lowest BCUT2D eigenvalue weighted by Gasteiger charge is -1.93. The molecule has 66 valence electrons. The molecule has 5 nitrogen and oxygen atoms in total. The topological polar surface area (TPSA) is 94.8 Å². The van der Waals surface area contributed by atoms with E-state index in [-0.39, 0.29) is 0 Å². The first-order valence-corrected chi connectivity index (χ1v) is 3.05. The minimum absolute atomic E-state index is 0.391. The van der Waals surface area contributed by atoms with Crippen LogP contribution in [0.4, 0.5) is 0 Å². The van der Waals surface area contributed by atoms with Gasteiger partial charge in [-0.15, -0.1) is 0 Å². The van der Waals surface area contributed by atoms with E-state index in [1.54, 1.807) is 0 Å². The van der Waals surface area contributed by atoms with E-state index in [1.165, 1.54) is 0 Å². The van der Waals surface area contributed by atoms with Crippen LogP contribution in [0.3, 0.4) is 0 Å². The first-order valence-electron chi connectivity index (χ1n) is 2.67. The molecule has 0 bridgehead atoms. The third kappa shape index (κ3) is 4.35. The number of hydrogen-bond acceptors (Lipinski definition) is 3. The summed E-state index contributed by atoms with van der Waals surface area (Å²) in [6.45, 7) is 0. The van der Waals surface area contributed by atoms with E-state index < -0.39 is 22.7 Å². The van der Waals surface area contributed by atoms with Gasteiger partial charge in [-0.1, -0.05) is 11.6 Å². The molecule has 0 heterocycles. The summed E-state index contributed by atoms with van der Waals surface area (Å²) in [6, 6.07) is 0. The van der Waals surface area contributed by atoms with E-state index >= 15 is 0 Å². The van der Waals surface area contributed by atoms with Crippen molar-refractivity contribution in [2.75, 3.05) is 0 Å². The summed E-state index contributed by atoms with van der Waals surface area (Å²) < 4.78 is 0. The highest BCUT2D eigenvalue weighted by Crippen LogP contribution is 2.10. The lowest BCUT2D eigenvalue weighted by Crippen LogP contribution is -1.95. The van der Waals surface area contributed by atoms with E-state index in [2.05, 4.69) is 0 Å². The van der Waals surface area contributed by atoms with Gasteiger partial charge >= 0.3 is 11.9 Å². The fourth-order valence-corrected chi connectivity index (χ4v) is 0.516. The second-order valence-electron chi connectivity index (χ2n) is 1.70. The van der Waals surface area contributed by atoms with Crippen LogP contribution in [0.5, 0.6) is 0 Å². The maximum Gasteiger partial charge on any atom is 0.332 e. The van der Waals surface area contributed by atoms with E-state index in [9.17, 15) is 9.59 Å². The van der Waals surface area contributed by atoms with Crippen molar-refractivity contribution >= 4 is 23.5 Å². The van der Waals surface area contributed by atoms with Crippen LogP contribution >= 0.6 is 11.6 Å². The smallest absolute Gasteiger partial charge is 0.332 e. The lowest BCUT2D eigenvalue weighted by atomic mass is 10.4. The molecule has 0 aliphatic carbocycles. The van der Waals surface area contributed by atoms with Gasteiger partial charge in [0.15, 0.2) is 0 Å². The third-order valence-electron chi connectivity index (χ3n) is 0.755. The maximum absolute atomic E-state index is 9.95. The summed E-state index contributed by atoms with van der Waals surface area (Å²) in [4.78, 5) is 19.9. The first kappa shape index (κ1) is 10.5. The van der Waals surface area contributed by atoms with Crippen molar-refractivity contribution in [1.29, 1.82) is 0 Å². The number of rotatable bonds is 3. The van der Waals surface area contributed by atoms with Gasteiger partial charge in [0.05, 0.1) is 11.1 Å². The van der Waals surface area contributed by atoms with Crippen LogP contribution in [-0.4, -0.2) is 27.3 Å². The Morgan fingerprint density at radius 3 is 1.75 bits per heavy atom. The van der Waals surface area contributed by atoms with Gasteiger partial charge in [0.2, 0.25) is 0 Å². The molecule has 12 heavy (non-hydrogen) atoms. The van der Waals surface area contributed by atoms with Gasteiger partial charge in [0.1, 0.15) is 5.76 Å². The fourth-order valence-electron chi connectivity index (χ4n) is 0.368. The number of carboxylic acids is 2. The molecule has 0 saturated heterocycles. The van der Waals surface area contributed by atoms with Crippen molar-refractivity contribution in [3.8, 4) is 0 Å². The predicted molar refractivity (Wildman–Crippen MR) is 39.9 cm³/mol. The number of allylic oxidation sites excluding steroid dienone is 1. The van der Waals surface area contributed by atoms with Crippen molar-refractivity contribution in [3.63, 3.8) is 0 Å².